The predicted molar refractivity (Wildman–Crippen MR) is 183 cm³/mol. The van der Waals surface area contributed by atoms with E-state index in [1.807, 2.05) is 72.8 Å². The molecule has 0 fully saturated rings. The van der Waals surface area contributed by atoms with Gasteiger partial charge in [-0.05, 0) is 34.9 Å². The van der Waals surface area contributed by atoms with E-state index in [1.54, 1.807) is 6.26 Å². The lowest BCUT2D eigenvalue weighted by Crippen LogP contribution is -2.32. The monoisotopic (exact) mass is 603 g/mol. The van der Waals surface area contributed by atoms with Crippen LogP contribution in [0.5, 0.6) is 11.5 Å². The van der Waals surface area contributed by atoms with E-state index in [4.69, 9.17) is 24.1 Å². The van der Waals surface area contributed by atoms with Gasteiger partial charge in [-0.3, -0.25) is 0 Å². The lowest BCUT2D eigenvalue weighted by atomic mass is 9.65. The summed E-state index contributed by atoms with van der Waals surface area (Å²) in [6, 6.07) is 49.9. The number of furan rings is 1. The van der Waals surface area contributed by atoms with Crippen LogP contribution < -0.4 is 4.74 Å². The molecular formula is C42H25N3O2. The molecule has 2 aliphatic rings. The lowest BCUT2D eigenvalue weighted by molar-refractivity contribution is 0.437. The van der Waals surface area contributed by atoms with Crippen molar-refractivity contribution in [3.63, 3.8) is 0 Å². The highest BCUT2D eigenvalue weighted by Gasteiger charge is 2.52. The molecule has 0 bridgehead atoms. The van der Waals surface area contributed by atoms with Crippen molar-refractivity contribution in [1.82, 2.24) is 15.0 Å². The molecule has 47 heavy (non-hydrogen) atoms. The van der Waals surface area contributed by atoms with E-state index in [-0.39, 0.29) is 0 Å². The maximum Gasteiger partial charge on any atom is 0.167 e. The summed E-state index contributed by atoms with van der Waals surface area (Å²) in [5, 5.41) is 1.08. The molecule has 220 valence electrons. The Morgan fingerprint density at radius 3 is 1.83 bits per heavy atom. The molecule has 3 heterocycles. The zero-order valence-electron chi connectivity index (χ0n) is 25.1. The van der Waals surface area contributed by atoms with Gasteiger partial charge in [0.25, 0.3) is 0 Å². The molecule has 0 N–H and O–H groups in total. The molecule has 0 saturated heterocycles. The van der Waals surface area contributed by atoms with Crippen molar-refractivity contribution in [3.05, 3.63) is 174 Å². The van der Waals surface area contributed by atoms with E-state index >= 15 is 0 Å². The Kier molecular flexibility index (Phi) is 5.43. The number of para-hydroxylation sites is 2. The number of rotatable bonds is 3. The Bertz CT molecular complexity index is 2450. The second-order valence-corrected chi connectivity index (χ2v) is 11.9. The Labute approximate surface area is 270 Å². The van der Waals surface area contributed by atoms with Gasteiger partial charge in [-0.25, -0.2) is 15.0 Å². The molecule has 0 amide bonds. The lowest BCUT2D eigenvalue weighted by Gasteiger charge is -2.39. The summed E-state index contributed by atoms with van der Waals surface area (Å²) >= 11 is 0. The third-order valence-corrected chi connectivity index (χ3v) is 9.49. The minimum absolute atomic E-state index is 0.553. The van der Waals surface area contributed by atoms with Crippen LogP contribution in [0.25, 0.3) is 56.3 Å². The SMILES string of the molecule is c1ccc(-c2nc(-c3ccccc3)nc(-c3cccc4c3Oc3ccccc3C43c4ccccc4-c4c3ccc3ccoc43)n2)cc1. The van der Waals surface area contributed by atoms with Crippen LogP contribution in [0.1, 0.15) is 22.3 Å². The molecule has 1 atom stereocenters. The first kappa shape index (κ1) is 25.9. The Balaban J connectivity index is 1.29. The summed E-state index contributed by atoms with van der Waals surface area (Å²) in [4.78, 5) is 15.1. The zero-order chi connectivity index (χ0) is 31.0. The minimum atomic E-state index is -0.648. The van der Waals surface area contributed by atoms with E-state index in [0.717, 1.165) is 61.4 Å². The molecule has 1 unspecified atom stereocenters. The summed E-state index contributed by atoms with van der Waals surface area (Å²) < 4.78 is 13.1. The first-order chi connectivity index (χ1) is 23.3. The predicted octanol–water partition coefficient (Wildman–Crippen LogP) is 10.1. The number of ether oxygens (including phenoxy) is 1. The first-order valence-corrected chi connectivity index (χ1v) is 15.7. The van der Waals surface area contributed by atoms with Gasteiger partial charge in [0.05, 0.1) is 17.2 Å². The topological polar surface area (TPSA) is 61.0 Å². The number of fused-ring (bicyclic) bond motifs is 11. The smallest absolute Gasteiger partial charge is 0.167 e. The molecule has 1 aliphatic carbocycles. The molecule has 0 saturated carbocycles. The number of aromatic nitrogens is 3. The fourth-order valence-electron chi connectivity index (χ4n) is 7.53. The van der Waals surface area contributed by atoms with Crippen LogP contribution in [0.4, 0.5) is 0 Å². The summed E-state index contributed by atoms with van der Waals surface area (Å²) in [5.41, 5.74) is 9.65. The first-order valence-electron chi connectivity index (χ1n) is 15.7. The molecule has 2 aromatic heterocycles. The maximum atomic E-state index is 6.92. The molecule has 8 aromatic rings. The second kappa shape index (κ2) is 9.83. The van der Waals surface area contributed by atoms with Crippen LogP contribution in [-0.4, -0.2) is 15.0 Å². The van der Waals surface area contributed by atoms with Crippen LogP contribution >= 0.6 is 0 Å². The van der Waals surface area contributed by atoms with Crippen LogP contribution in [0.3, 0.4) is 0 Å². The molecular weight excluding hydrogens is 578 g/mol. The normalized spacial score (nSPS) is 15.5. The third kappa shape index (κ3) is 3.62. The number of hydrogen-bond acceptors (Lipinski definition) is 5. The van der Waals surface area contributed by atoms with Gasteiger partial charge in [-0.15, -0.1) is 0 Å². The van der Waals surface area contributed by atoms with Crippen molar-refractivity contribution in [2.45, 2.75) is 5.41 Å². The maximum absolute atomic E-state index is 6.92. The molecule has 6 aromatic carbocycles. The van der Waals surface area contributed by atoms with Gasteiger partial charge in [0, 0.05) is 33.2 Å². The van der Waals surface area contributed by atoms with Gasteiger partial charge in [0.15, 0.2) is 17.5 Å². The fourth-order valence-corrected chi connectivity index (χ4v) is 7.53. The van der Waals surface area contributed by atoms with Crippen LogP contribution in [-0.2, 0) is 5.41 Å². The number of nitrogens with zero attached hydrogens (tertiary/aromatic N) is 3. The van der Waals surface area contributed by atoms with Gasteiger partial charge < -0.3 is 9.15 Å². The van der Waals surface area contributed by atoms with Crippen LogP contribution in [0.2, 0.25) is 0 Å². The second-order valence-electron chi connectivity index (χ2n) is 11.9. The highest BCUT2D eigenvalue weighted by molar-refractivity contribution is 6.02. The van der Waals surface area contributed by atoms with Crippen molar-refractivity contribution in [2.75, 3.05) is 0 Å². The third-order valence-electron chi connectivity index (χ3n) is 9.49. The van der Waals surface area contributed by atoms with Gasteiger partial charge in [0.1, 0.15) is 17.1 Å². The number of benzene rings is 6. The minimum Gasteiger partial charge on any atom is -0.464 e. The number of hydrogen-bond donors (Lipinski definition) is 0. The quantitative estimate of drug-likeness (QED) is 0.201. The van der Waals surface area contributed by atoms with E-state index < -0.39 is 5.41 Å². The highest BCUT2D eigenvalue weighted by Crippen LogP contribution is 2.64. The zero-order valence-corrected chi connectivity index (χ0v) is 25.1. The van der Waals surface area contributed by atoms with Crippen molar-refractivity contribution in [1.29, 1.82) is 0 Å². The average molecular weight is 604 g/mol. The van der Waals surface area contributed by atoms with Crippen molar-refractivity contribution in [3.8, 4) is 56.8 Å². The van der Waals surface area contributed by atoms with Gasteiger partial charge in [-0.1, -0.05) is 127 Å². The Morgan fingerprint density at radius 2 is 1.06 bits per heavy atom. The van der Waals surface area contributed by atoms with Gasteiger partial charge in [-0.2, -0.15) is 0 Å². The summed E-state index contributed by atoms with van der Waals surface area (Å²) in [7, 11) is 0. The Morgan fingerprint density at radius 1 is 0.447 bits per heavy atom. The summed E-state index contributed by atoms with van der Waals surface area (Å²) in [6.45, 7) is 0. The summed E-state index contributed by atoms with van der Waals surface area (Å²) in [5.74, 6) is 3.30. The molecule has 0 radical (unpaired) electrons. The van der Waals surface area contributed by atoms with Gasteiger partial charge in [0.2, 0.25) is 0 Å². The summed E-state index contributed by atoms with van der Waals surface area (Å²) in [6.07, 6.45) is 1.78. The molecule has 1 spiro atoms. The molecule has 1 aliphatic heterocycles. The van der Waals surface area contributed by atoms with E-state index in [1.165, 1.54) is 11.1 Å². The van der Waals surface area contributed by atoms with Crippen molar-refractivity contribution >= 4 is 11.0 Å². The highest BCUT2D eigenvalue weighted by atomic mass is 16.5. The van der Waals surface area contributed by atoms with Crippen molar-refractivity contribution < 1.29 is 9.15 Å². The van der Waals surface area contributed by atoms with E-state index in [9.17, 15) is 0 Å². The molecule has 10 rings (SSSR count). The van der Waals surface area contributed by atoms with E-state index in [0.29, 0.717) is 17.5 Å². The largest absolute Gasteiger partial charge is 0.464 e. The molecule has 5 nitrogen and oxygen atoms in total. The van der Waals surface area contributed by atoms with Crippen LogP contribution in [0.15, 0.2) is 156 Å². The fraction of sp³-hybridized carbons (Fsp3) is 0.0238. The van der Waals surface area contributed by atoms with E-state index in [2.05, 4.69) is 72.8 Å². The molecule has 5 heteroatoms. The van der Waals surface area contributed by atoms with Crippen LogP contribution in [0, 0.1) is 0 Å². The standard InChI is InChI=1S/C42H25N3O2/c1-3-12-27(13-4-1)39-43-40(28-14-5-2-6-15-28)45-41(44-39)30-17-11-20-34-38(30)47-35-21-10-9-19-32(35)42(34)31-18-8-7-16-29(31)36-33(42)23-22-26-24-25-46-37(26)36/h1-25H. The van der Waals surface area contributed by atoms with Crippen molar-refractivity contribution in [2.24, 2.45) is 0 Å². The average Bonchev–Trinajstić information content (AvgIpc) is 3.74. The van der Waals surface area contributed by atoms with Gasteiger partial charge >= 0.3 is 0 Å². The Hall–Kier alpha value is -6.33.